The minimum absolute atomic E-state index is 0.0417. The third-order valence-electron chi connectivity index (χ3n) is 1.22. The van der Waals surface area contributed by atoms with Crippen LogP contribution in [-0.4, -0.2) is 15.1 Å². The maximum absolute atomic E-state index is 10.8. The maximum Gasteiger partial charge on any atom is 0.223 e. The van der Waals surface area contributed by atoms with E-state index in [0.717, 1.165) is 0 Å². The first-order chi connectivity index (χ1) is 5.52. The molecule has 1 aromatic heterocycles. The minimum Gasteiger partial charge on any atom is -0.383 e. The van der Waals surface area contributed by atoms with Gasteiger partial charge in [-0.2, -0.15) is 0 Å². The highest BCUT2D eigenvalue weighted by atomic mass is 35.5. The van der Waals surface area contributed by atoms with Crippen LogP contribution in [0.25, 0.3) is 0 Å². The van der Waals surface area contributed by atoms with Gasteiger partial charge in [0.15, 0.2) is 0 Å². The van der Waals surface area contributed by atoms with Crippen molar-refractivity contribution in [1.29, 1.82) is 0 Å². The molecule has 0 amide bonds. The molecule has 0 unspecified atom stereocenters. The summed E-state index contributed by atoms with van der Waals surface area (Å²) in [5.41, 5.74) is 5.48. The molecule has 0 saturated carbocycles. The highest BCUT2D eigenvalue weighted by Gasteiger charge is 2.13. The number of nitrogens with two attached hydrogens (primary N) is 1. The predicted octanol–water partition coefficient (Wildman–Crippen LogP) is 1.09. The molecular weight excluding hydrogens is 198 g/mol. The molecule has 0 aromatic carbocycles. The van der Waals surface area contributed by atoms with Gasteiger partial charge in [-0.15, -0.1) is 12.6 Å². The van der Waals surface area contributed by atoms with E-state index in [1.54, 1.807) is 6.92 Å². The molecule has 2 N–H and O–H groups in total. The summed E-state index contributed by atoms with van der Waals surface area (Å²) in [5, 5.41) is -0.488. The van der Waals surface area contributed by atoms with E-state index < -0.39 is 5.12 Å². The van der Waals surface area contributed by atoms with Gasteiger partial charge < -0.3 is 5.73 Å². The summed E-state index contributed by atoms with van der Waals surface area (Å²) in [6.45, 7) is 1.63. The summed E-state index contributed by atoms with van der Waals surface area (Å²) in [7, 11) is 0. The number of nitrogens with zero attached hydrogens (tertiary/aromatic N) is 2. The zero-order chi connectivity index (χ0) is 9.30. The fraction of sp³-hybridized carbons (Fsp3) is 0.167. The third kappa shape index (κ3) is 1.67. The number of rotatable bonds is 1. The summed E-state index contributed by atoms with van der Waals surface area (Å²) in [6.07, 6.45) is 0. The summed E-state index contributed by atoms with van der Waals surface area (Å²) >= 11 is 9.21. The van der Waals surface area contributed by atoms with Crippen molar-refractivity contribution in [3.05, 3.63) is 16.5 Å². The topological polar surface area (TPSA) is 68.9 Å². The Bertz CT molecular complexity index is 319. The van der Waals surface area contributed by atoms with Gasteiger partial charge in [0, 0.05) is 0 Å². The number of hydrogen-bond donors (Lipinski definition) is 2. The van der Waals surface area contributed by atoms with E-state index in [1.165, 1.54) is 0 Å². The standard InChI is InChI=1S/C6H6ClN3OS/c1-2-9-4(7)3(6(11)12)5(8)10-2/h1H3,(H,11,12)(H2,8,9,10). The van der Waals surface area contributed by atoms with Gasteiger partial charge in [-0.25, -0.2) is 9.97 Å². The zero-order valence-corrected chi connectivity index (χ0v) is 7.86. The number of aromatic nitrogens is 2. The lowest BCUT2D eigenvalue weighted by molar-refractivity contribution is 0.109. The first kappa shape index (κ1) is 9.28. The van der Waals surface area contributed by atoms with E-state index in [4.69, 9.17) is 17.3 Å². The number of nitrogen functional groups attached to an aromatic ring is 1. The number of halogens is 1. The van der Waals surface area contributed by atoms with E-state index in [-0.39, 0.29) is 16.5 Å². The average Bonchev–Trinajstić information content (AvgIpc) is 1.82. The highest BCUT2D eigenvalue weighted by Crippen LogP contribution is 2.19. The van der Waals surface area contributed by atoms with E-state index >= 15 is 0 Å². The molecule has 0 saturated heterocycles. The molecule has 0 aliphatic carbocycles. The van der Waals surface area contributed by atoms with E-state index in [0.29, 0.717) is 5.82 Å². The van der Waals surface area contributed by atoms with E-state index in [1.807, 2.05) is 0 Å². The van der Waals surface area contributed by atoms with Crippen molar-refractivity contribution < 1.29 is 4.79 Å². The number of carbonyl (C=O) groups excluding carboxylic acids is 1. The summed E-state index contributed by atoms with van der Waals surface area (Å²) < 4.78 is 0. The Labute approximate surface area is 79.6 Å². The van der Waals surface area contributed by atoms with Gasteiger partial charge in [-0.05, 0) is 6.92 Å². The number of thiol groups is 1. The third-order valence-corrected chi connectivity index (χ3v) is 1.72. The largest absolute Gasteiger partial charge is 0.383 e. The fourth-order valence-electron chi connectivity index (χ4n) is 0.757. The van der Waals surface area contributed by atoms with Gasteiger partial charge in [0.05, 0.1) is 0 Å². The Hall–Kier alpha value is -0.810. The van der Waals surface area contributed by atoms with Crippen LogP contribution in [0.15, 0.2) is 0 Å². The Balaban J connectivity index is 3.38. The molecule has 0 atom stereocenters. The lowest BCUT2D eigenvalue weighted by atomic mass is 10.3. The monoisotopic (exact) mass is 203 g/mol. The molecular formula is C6H6ClN3OS. The van der Waals surface area contributed by atoms with Crippen molar-refractivity contribution in [1.82, 2.24) is 9.97 Å². The maximum atomic E-state index is 10.8. The molecule has 0 fully saturated rings. The van der Waals surface area contributed by atoms with Crippen LogP contribution in [0.2, 0.25) is 5.15 Å². The van der Waals surface area contributed by atoms with Crippen LogP contribution < -0.4 is 5.73 Å². The SMILES string of the molecule is Cc1nc(N)c(C(=O)S)c(Cl)n1. The van der Waals surface area contributed by atoms with Crippen LogP contribution in [-0.2, 0) is 0 Å². The Morgan fingerprint density at radius 3 is 2.58 bits per heavy atom. The Morgan fingerprint density at radius 2 is 2.17 bits per heavy atom. The molecule has 0 spiro atoms. The molecule has 12 heavy (non-hydrogen) atoms. The molecule has 1 aromatic rings. The molecule has 4 nitrogen and oxygen atoms in total. The molecule has 0 radical (unpaired) electrons. The quantitative estimate of drug-likeness (QED) is 0.530. The van der Waals surface area contributed by atoms with Crippen molar-refractivity contribution >= 4 is 35.2 Å². The minimum atomic E-state index is -0.530. The summed E-state index contributed by atoms with van der Waals surface area (Å²) in [5.74, 6) is 0.489. The van der Waals surface area contributed by atoms with Gasteiger partial charge in [0.1, 0.15) is 22.4 Å². The fourth-order valence-corrected chi connectivity index (χ4v) is 1.35. The van der Waals surface area contributed by atoms with Crippen LogP contribution in [0.4, 0.5) is 5.82 Å². The van der Waals surface area contributed by atoms with Gasteiger partial charge in [0.25, 0.3) is 0 Å². The number of anilines is 1. The Morgan fingerprint density at radius 1 is 1.58 bits per heavy atom. The molecule has 0 aliphatic rings. The highest BCUT2D eigenvalue weighted by molar-refractivity contribution is 7.97. The molecule has 64 valence electrons. The van der Waals surface area contributed by atoms with Crippen LogP contribution in [0.5, 0.6) is 0 Å². The molecule has 0 bridgehead atoms. The average molecular weight is 204 g/mol. The van der Waals surface area contributed by atoms with Gasteiger partial charge >= 0.3 is 0 Å². The van der Waals surface area contributed by atoms with Crippen molar-refractivity contribution in [2.24, 2.45) is 0 Å². The predicted molar refractivity (Wildman–Crippen MR) is 49.5 cm³/mol. The summed E-state index contributed by atoms with van der Waals surface area (Å²) in [6, 6.07) is 0. The van der Waals surface area contributed by atoms with Gasteiger partial charge in [-0.3, -0.25) is 4.79 Å². The molecule has 1 heterocycles. The number of hydrogen-bond acceptors (Lipinski definition) is 4. The number of carbonyl (C=O) groups is 1. The second kappa shape index (κ2) is 3.28. The van der Waals surface area contributed by atoms with Crippen molar-refractivity contribution in [2.45, 2.75) is 6.92 Å². The van der Waals surface area contributed by atoms with Crippen LogP contribution in [0, 0.1) is 6.92 Å². The van der Waals surface area contributed by atoms with Crippen LogP contribution >= 0.6 is 24.2 Å². The van der Waals surface area contributed by atoms with E-state index in [9.17, 15) is 4.79 Å². The number of aryl methyl sites for hydroxylation is 1. The van der Waals surface area contributed by atoms with Gasteiger partial charge in [-0.1, -0.05) is 11.6 Å². The lowest BCUT2D eigenvalue weighted by Gasteiger charge is -2.02. The zero-order valence-electron chi connectivity index (χ0n) is 6.21. The molecule has 1 rings (SSSR count). The van der Waals surface area contributed by atoms with Crippen molar-refractivity contribution in [3.63, 3.8) is 0 Å². The lowest BCUT2D eigenvalue weighted by Crippen LogP contribution is -2.05. The van der Waals surface area contributed by atoms with Crippen LogP contribution in [0.3, 0.4) is 0 Å². The normalized spacial score (nSPS) is 9.92. The first-order valence-electron chi connectivity index (χ1n) is 3.05. The molecule has 6 heteroatoms. The summed E-state index contributed by atoms with van der Waals surface area (Å²) in [4.78, 5) is 18.3. The Kier molecular flexibility index (Phi) is 2.54. The van der Waals surface area contributed by atoms with E-state index in [2.05, 4.69) is 22.6 Å². The smallest absolute Gasteiger partial charge is 0.223 e. The van der Waals surface area contributed by atoms with Gasteiger partial charge in [0.2, 0.25) is 5.12 Å². The molecule has 0 aliphatic heterocycles. The first-order valence-corrected chi connectivity index (χ1v) is 3.87. The van der Waals surface area contributed by atoms with Crippen LogP contribution in [0.1, 0.15) is 16.2 Å². The second-order valence-corrected chi connectivity index (χ2v) is 2.89. The van der Waals surface area contributed by atoms with Crippen molar-refractivity contribution in [2.75, 3.05) is 5.73 Å². The second-order valence-electron chi connectivity index (χ2n) is 2.13. The van der Waals surface area contributed by atoms with Crippen molar-refractivity contribution in [3.8, 4) is 0 Å².